The van der Waals surface area contributed by atoms with Crippen molar-refractivity contribution in [2.24, 2.45) is 10.9 Å². The van der Waals surface area contributed by atoms with E-state index in [1.54, 1.807) is 0 Å². The van der Waals surface area contributed by atoms with E-state index in [0.717, 1.165) is 38.4 Å². The molecule has 0 aromatic rings. The minimum absolute atomic E-state index is 0.176. The second kappa shape index (κ2) is 6.52. The van der Waals surface area contributed by atoms with Crippen LogP contribution in [0, 0.1) is 5.92 Å². The maximum Gasteiger partial charge on any atom is 0.191 e. The van der Waals surface area contributed by atoms with Gasteiger partial charge in [0.05, 0.1) is 17.6 Å². The van der Waals surface area contributed by atoms with Gasteiger partial charge in [0, 0.05) is 25.7 Å². The molecule has 2 atom stereocenters. The molecule has 0 aromatic carbocycles. The highest BCUT2D eigenvalue weighted by molar-refractivity contribution is 7.91. The zero-order valence-electron chi connectivity index (χ0n) is 12.4. The molecule has 2 heterocycles. The highest BCUT2D eigenvalue weighted by Crippen LogP contribution is 2.20. The lowest BCUT2D eigenvalue weighted by Gasteiger charge is -2.16. The van der Waals surface area contributed by atoms with Crippen molar-refractivity contribution in [3.63, 3.8) is 0 Å². The summed E-state index contributed by atoms with van der Waals surface area (Å²) in [5.41, 5.74) is 0. The van der Waals surface area contributed by atoms with Gasteiger partial charge in [-0.25, -0.2) is 8.42 Å². The number of aliphatic imine (C=N–C) groups is 1. The first kappa shape index (κ1) is 15.1. The lowest BCUT2D eigenvalue weighted by Crippen LogP contribution is -2.42. The van der Waals surface area contributed by atoms with Crippen LogP contribution >= 0.6 is 0 Å². The molecule has 2 aliphatic heterocycles. The number of hydrogen-bond acceptors (Lipinski definition) is 4. The SMILES string of the molecule is O=S1(=O)CCC(CN=C(NCC2CCCO2)NC2CC2)C1. The van der Waals surface area contributed by atoms with Gasteiger partial charge >= 0.3 is 0 Å². The van der Waals surface area contributed by atoms with E-state index in [2.05, 4.69) is 15.6 Å². The summed E-state index contributed by atoms with van der Waals surface area (Å²) in [6, 6.07) is 0.535. The van der Waals surface area contributed by atoms with Crippen molar-refractivity contribution in [1.82, 2.24) is 10.6 Å². The Morgan fingerprint density at radius 1 is 1.24 bits per heavy atom. The van der Waals surface area contributed by atoms with E-state index in [1.807, 2.05) is 0 Å². The average Bonchev–Trinajstić information content (AvgIpc) is 2.97. The van der Waals surface area contributed by atoms with Crippen LogP contribution in [0.5, 0.6) is 0 Å². The van der Waals surface area contributed by atoms with Crippen LogP contribution in [0.2, 0.25) is 0 Å². The number of nitrogens with zero attached hydrogens (tertiary/aromatic N) is 1. The van der Waals surface area contributed by atoms with Gasteiger partial charge in [0.2, 0.25) is 0 Å². The molecular formula is C14H25N3O3S. The lowest BCUT2D eigenvalue weighted by atomic mass is 10.1. The number of ether oxygens (including phenoxy) is 1. The minimum Gasteiger partial charge on any atom is -0.376 e. The largest absolute Gasteiger partial charge is 0.376 e. The average molecular weight is 315 g/mol. The monoisotopic (exact) mass is 315 g/mol. The molecule has 2 unspecified atom stereocenters. The predicted molar refractivity (Wildman–Crippen MR) is 82.2 cm³/mol. The molecule has 0 aromatic heterocycles. The third-order valence-corrected chi connectivity index (χ3v) is 6.11. The Hall–Kier alpha value is -0.820. The Balaban J connectivity index is 1.49. The van der Waals surface area contributed by atoms with Crippen LogP contribution in [0.3, 0.4) is 0 Å². The molecule has 3 rings (SSSR count). The number of hydrogen-bond donors (Lipinski definition) is 2. The Bertz CT molecular complexity index is 482. The van der Waals surface area contributed by atoms with E-state index in [-0.39, 0.29) is 12.0 Å². The highest BCUT2D eigenvalue weighted by atomic mass is 32.2. The zero-order valence-corrected chi connectivity index (χ0v) is 13.2. The van der Waals surface area contributed by atoms with E-state index < -0.39 is 9.84 Å². The highest BCUT2D eigenvalue weighted by Gasteiger charge is 2.28. The number of sulfone groups is 1. The maximum absolute atomic E-state index is 11.5. The van der Waals surface area contributed by atoms with E-state index >= 15 is 0 Å². The molecule has 3 fully saturated rings. The Morgan fingerprint density at radius 3 is 2.71 bits per heavy atom. The van der Waals surface area contributed by atoms with Crippen molar-refractivity contribution >= 4 is 15.8 Å². The van der Waals surface area contributed by atoms with E-state index in [0.29, 0.717) is 24.1 Å². The van der Waals surface area contributed by atoms with Crippen molar-refractivity contribution in [2.45, 2.75) is 44.2 Å². The topological polar surface area (TPSA) is 79.8 Å². The fraction of sp³-hybridized carbons (Fsp3) is 0.929. The summed E-state index contributed by atoms with van der Waals surface area (Å²) in [6.07, 6.45) is 5.65. The van der Waals surface area contributed by atoms with Crippen molar-refractivity contribution in [3.05, 3.63) is 0 Å². The summed E-state index contributed by atoms with van der Waals surface area (Å²) in [6.45, 7) is 2.23. The smallest absolute Gasteiger partial charge is 0.191 e. The molecule has 1 aliphatic carbocycles. The lowest BCUT2D eigenvalue weighted by molar-refractivity contribution is 0.113. The van der Waals surface area contributed by atoms with Crippen molar-refractivity contribution < 1.29 is 13.2 Å². The fourth-order valence-corrected chi connectivity index (χ4v) is 4.68. The molecule has 21 heavy (non-hydrogen) atoms. The van der Waals surface area contributed by atoms with Gasteiger partial charge in [0.15, 0.2) is 15.8 Å². The summed E-state index contributed by atoms with van der Waals surface area (Å²) >= 11 is 0. The van der Waals surface area contributed by atoms with Crippen LogP contribution in [0.1, 0.15) is 32.1 Å². The van der Waals surface area contributed by atoms with E-state index in [9.17, 15) is 8.42 Å². The van der Waals surface area contributed by atoms with Crippen LogP contribution in [0.15, 0.2) is 4.99 Å². The molecule has 1 saturated carbocycles. The third-order valence-electron chi connectivity index (χ3n) is 4.27. The van der Waals surface area contributed by atoms with Crippen LogP contribution < -0.4 is 10.6 Å². The fourth-order valence-electron chi connectivity index (χ4n) is 2.83. The Labute approximate surface area is 126 Å². The minimum atomic E-state index is -2.81. The molecule has 0 bridgehead atoms. The predicted octanol–water partition coefficient (Wildman–Crippen LogP) is 0.298. The van der Waals surface area contributed by atoms with Crippen molar-refractivity contribution in [3.8, 4) is 0 Å². The molecule has 120 valence electrons. The van der Waals surface area contributed by atoms with Gasteiger partial charge in [0.1, 0.15) is 0 Å². The first-order valence-corrected chi connectivity index (χ1v) is 9.80. The van der Waals surface area contributed by atoms with Gasteiger partial charge in [0.25, 0.3) is 0 Å². The van der Waals surface area contributed by atoms with Crippen LogP contribution in [0.25, 0.3) is 0 Å². The van der Waals surface area contributed by atoms with Gasteiger partial charge < -0.3 is 15.4 Å². The van der Waals surface area contributed by atoms with Crippen LogP contribution in [-0.2, 0) is 14.6 Å². The second-order valence-electron chi connectivity index (χ2n) is 6.39. The summed E-state index contributed by atoms with van der Waals surface area (Å²) in [5.74, 6) is 1.61. The summed E-state index contributed by atoms with van der Waals surface area (Å²) < 4.78 is 28.6. The van der Waals surface area contributed by atoms with Crippen LogP contribution in [-0.4, -0.2) is 57.7 Å². The van der Waals surface area contributed by atoms with E-state index in [4.69, 9.17) is 4.74 Å². The standard InChI is InChI=1S/C14H25N3O3S/c18-21(19)7-5-11(10-21)8-15-14(17-12-3-4-12)16-9-13-2-1-6-20-13/h11-13H,1-10H2,(H2,15,16,17). The molecule has 2 N–H and O–H groups in total. The Kier molecular flexibility index (Phi) is 4.69. The second-order valence-corrected chi connectivity index (χ2v) is 8.62. The normalized spacial score (nSPS) is 32.3. The first-order chi connectivity index (χ1) is 10.1. The number of nitrogens with one attached hydrogen (secondary N) is 2. The van der Waals surface area contributed by atoms with Gasteiger partial charge in [-0.3, -0.25) is 4.99 Å². The molecule has 7 heteroatoms. The van der Waals surface area contributed by atoms with Gasteiger partial charge in [-0.2, -0.15) is 0 Å². The first-order valence-electron chi connectivity index (χ1n) is 7.97. The molecule has 2 saturated heterocycles. The Morgan fingerprint density at radius 2 is 2.10 bits per heavy atom. The molecule has 6 nitrogen and oxygen atoms in total. The van der Waals surface area contributed by atoms with Crippen molar-refractivity contribution in [1.29, 1.82) is 0 Å². The van der Waals surface area contributed by atoms with Crippen LogP contribution in [0.4, 0.5) is 0 Å². The molecule has 0 amide bonds. The van der Waals surface area contributed by atoms with E-state index in [1.165, 1.54) is 12.8 Å². The maximum atomic E-state index is 11.5. The van der Waals surface area contributed by atoms with Crippen molar-refractivity contribution in [2.75, 3.05) is 31.2 Å². The van der Waals surface area contributed by atoms with Gasteiger partial charge in [-0.15, -0.1) is 0 Å². The van der Waals surface area contributed by atoms with Gasteiger partial charge in [-0.05, 0) is 38.0 Å². The number of rotatable bonds is 5. The third kappa shape index (κ3) is 4.85. The molecular weight excluding hydrogens is 290 g/mol. The molecule has 0 spiro atoms. The zero-order chi connectivity index (χ0) is 14.7. The van der Waals surface area contributed by atoms with Gasteiger partial charge in [-0.1, -0.05) is 0 Å². The molecule has 3 aliphatic rings. The quantitative estimate of drug-likeness (QED) is 0.563. The summed E-state index contributed by atoms with van der Waals surface area (Å²) in [7, 11) is -2.81. The number of guanidine groups is 1. The molecule has 0 radical (unpaired) electrons. The summed E-state index contributed by atoms with van der Waals surface area (Å²) in [5, 5.41) is 6.74. The summed E-state index contributed by atoms with van der Waals surface area (Å²) in [4.78, 5) is 4.59.